The fourth-order valence-electron chi connectivity index (χ4n) is 1.75. The van der Waals surface area contributed by atoms with Crippen LogP contribution in [0.15, 0.2) is 41.0 Å². The van der Waals surface area contributed by atoms with Crippen LogP contribution in [0.5, 0.6) is 0 Å². The van der Waals surface area contributed by atoms with Gasteiger partial charge in [-0.1, -0.05) is 22.0 Å². The van der Waals surface area contributed by atoms with Crippen molar-refractivity contribution in [2.45, 2.75) is 19.4 Å². The maximum absolute atomic E-state index is 6.26. The number of halogens is 2. The maximum Gasteiger partial charge on any atom is 0.0422 e. The number of benzene rings is 1. The largest absolute Gasteiger partial charge is 0.324 e. The summed E-state index contributed by atoms with van der Waals surface area (Å²) in [5.74, 6) is 0. The molecular weight excluding hydrogens is 403 g/mol. The molecule has 0 spiro atoms. The highest BCUT2D eigenvalue weighted by Crippen LogP contribution is 2.26. The molecule has 2 N–H and O–H groups in total. The maximum atomic E-state index is 6.26. The summed E-state index contributed by atoms with van der Waals surface area (Å²) >= 11 is 5.85. The van der Waals surface area contributed by atoms with E-state index in [0.29, 0.717) is 0 Å². The molecule has 1 atom stereocenters. The topological polar surface area (TPSA) is 38.9 Å². The quantitative estimate of drug-likeness (QED) is 0.768. The molecule has 4 heteroatoms. The minimum atomic E-state index is -0.0377. The monoisotopic (exact) mass is 416 g/mol. The second-order valence-corrected chi connectivity index (χ2v) is 6.40. The summed E-state index contributed by atoms with van der Waals surface area (Å²) in [6.07, 6.45) is 2.63. The molecule has 0 bridgehead atoms. The molecule has 1 aromatic heterocycles. The van der Waals surface area contributed by atoms with Gasteiger partial charge < -0.3 is 5.73 Å². The first-order chi connectivity index (χ1) is 8.56. The van der Waals surface area contributed by atoms with Gasteiger partial charge in [-0.05, 0) is 64.9 Å². The SMILES string of the molecule is Cc1ccc(CC(N)c2cc(I)ccc2Br)nc1. The van der Waals surface area contributed by atoms with Gasteiger partial charge in [0, 0.05) is 32.4 Å². The Bertz CT molecular complexity index is 540. The van der Waals surface area contributed by atoms with Crippen molar-refractivity contribution in [3.05, 3.63) is 61.4 Å². The highest BCUT2D eigenvalue weighted by atomic mass is 127. The van der Waals surface area contributed by atoms with Crippen molar-refractivity contribution in [3.63, 3.8) is 0 Å². The Morgan fingerprint density at radius 1 is 1.33 bits per heavy atom. The van der Waals surface area contributed by atoms with E-state index in [1.807, 2.05) is 25.3 Å². The van der Waals surface area contributed by atoms with E-state index in [0.717, 1.165) is 22.2 Å². The Morgan fingerprint density at radius 2 is 2.11 bits per heavy atom. The van der Waals surface area contributed by atoms with E-state index >= 15 is 0 Å². The summed E-state index contributed by atoms with van der Waals surface area (Å²) in [6.45, 7) is 2.03. The van der Waals surface area contributed by atoms with E-state index in [1.54, 1.807) is 0 Å². The Hall–Kier alpha value is -0.460. The number of nitrogens with two attached hydrogens (primary N) is 1. The van der Waals surface area contributed by atoms with Gasteiger partial charge in [0.05, 0.1) is 0 Å². The van der Waals surface area contributed by atoms with Crippen LogP contribution >= 0.6 is 38.5 Å². The average molecular weight is 417 g/mol. The predicted molar refractivity (Wildman–Crippen MR) is 86.5 cm³/mol. The van der Waals surface area contributed by atoms with E-state index in [2.05, 4.69) is 61.7 Å². The van der Waals surface area contributed by atoms with Crippen LogP contribution < -0.4 is 5.73 Å². The number of aromatic nitrogens is 1. The van der Waals surface area contributed by atoms with Gasteiger partial charge in [0.1, 0.15) is 0 Å². The van der Waals surface area contributed by atoms with Crippen LogP contribution in [-0.4, -0.2) is 4.98 Å². The number of aryl methyl sites for hydroxylation is 1. The molecular formula is C14H14BrIN2. The average Bonchev–Trinajstić information content (AvgIpc) is 2.35. The van der Waals surface area contributed by atoms with E-state index in [9.17, 15) is 0 Å². The zero-order chi connectivity index (χ0) is 13.1. The summed E-state index contributed by atoms with van der Waals surface area (Å²) in [7, 11) is 0. The van der Waals surface area contributed by atoms with Crippen LogP contribution in [0.1, 0.15) is 22.9 Å². The van der Waals surface area contributed by atoms with E-state index in [-0.39, 0.29) is 6.04 Å². The fourth-order valence-corrected chi connectivity index (χ4v) is 2.81. The standard InChI is InChI=1S/C14H14BrIN2/c1-9-2-4-11(18-8-9)7-14(17)12-6-10(16)3-5-13(12)15/h2-6,8,14H,7,17H2,1H3. The summed E-state index contributed by atoms with van der Waals surface area (Å²) in [5, 5.41) is 0. The molecule has 2 rings (SSSR count). The number of rotatable bonds is 3. The van der Waals surface area contributed by atoms with Gasteiger partial charge in [-0.25, -0.2) is 0 Å². The third-order valence-corrected chi connectivity index (χ3v) is 4.15. The second-order valence-electron chi connectivity index (χ2n) is 4.30. The van der Waals surface area contributed by atoms with Crippen LogP contribution in [0, 0.1) is 10.5 Å². The minimum absolute atomic E-state index is 0.0377. The Kier molecular flexibility index (Phi) is 4.75. The molecule has 0 amide bonds. The van der Waals surface area contributed by atoms with E-state index in [4.69, 9.17) is 5.73 Å². The van der Waals surface area contributed by atoms with Crippen LogP contribution in [0.3, 0.4) is 0 Å². The first-order valence-corrected chi connectivity index (χ1v) is 7.55. The molecule has 0 aliphatic rings. The third-order valence-electron chi connectivity index (χ3n) is 2.76. The van der Waals surface area contributed by atoms with Crippen LogP contribution in [0.2, 0.25) is 0 Å². The molecule has 2 aromatic rings. The lowest BCUT2D eigenvalue weighted by Gasteiger charge is -2.14. The lowest BCUT2D eigenvalue weighted by molar-refractivity contribution is 0.702. The van der Waals surface area contributed by atoms with Crippen LogP contribution in [-0.2, 0) is 6.42 Å². The number of pyridine rings is 1. The highest BCUT2D eigenvalue weighted by molar-refractivity contribution is 14.1. The van der Waals surface area contributed by atoms with E-state index in [1.165, 1.54) is 9.13 Å². The number of hydrogen-bond donors (Lipinski definition) is 1. The highest BCUT2D eigenvalue weighted by Gasteiger charge is 2.11. The summed E-state index contributed by atoms with van der Waals surface area (Å²) in [4.78, 5) is 4.40. The van der Waals surface area contributed by atoms with Crippen molar-refractivity contribution in [2.24, 2.45) is 5.73 Å². The molecule has 1 aromatic carbocycles. The van der Waals surface area contributed by atoms with Gasteiger partial charge in [0.25, 0.3) is 0 Å². The van der Waals surface area contributed by atoms with Crippen molar-refractivity contribution >= 4 is 38.5 Å². The zero-order valence-corrected chi connectivity index (χ0v) is 13.8. The summed E-state index contributed by atoms with van der Waals surface area (Å²) in [6, 6.07) is 10.3. The van der Waals surface area contributed by atoms with Gasteiger partial charge in [-0.15, -0.1) is 0 Å². The molecule has 18 heavy (non-hydrogen) atoms. The van der Waals surface area contributed by atoms with Gasteiger partial charge in [0.15, 0.2) is 0 Å². The first-order valence-electron chi connectivity index (χ1n) is 5.68. The molecule has 0 radical (unpaired) electrons. The van der Waals surface area contributed by atoms with Gasteiger partial charge in [-0.3, -0.25) is 4.98 Å². The van der Waals surface area contributed by atoms with Crippen molar-refractivity contribution < 1.29 is 0 Å². The molecule has 2 nitrogen and oxygen atoms in total. The Balaban J connectivity index is 2.18. The van der Waals surface area contributed by atoms with Crippen LogP contribution in [0.25, 0.3) is 0 Å². The molecule has 1 unspecified atom stereocenters. The number of hydrogen-bond acceptors (Lipinski definition) is 2. The van der Waals surface area contributed by atoms with Crippen molar-refractivity contribution in [3.8, 4) is 0 Å². The molecule has 94 valence electrons. The lowest BCUT2D eigenvalue weighted by atomic mass is 10.0. The Morgan fingerprint density at radius 3 is 2.78 bits per heavy atom. The molecule has 0 aliphatic heterocycles. The normalized spacial score (nSPS) is 12.4. The molecule has 1 heterocycles. The Labute approximate surface area is 129 Å². The first kappa shape index (κ1) is 14.0. The van der Waals surface area contributed by atoms with Gasteiger partial charge in [0.2, 0.25) is 0 Å². The van der Waals surface area contributed by atoms with Crippen molar-refractivity contribution in [2.75, 3.05) is 0 Å². The van der Waals surface area contributed by atoms with Crippen molar-refractivity contribution in [1.29, 1.82) is 0 Å². The van der Waals surface area contributed by atoms with Crippen molar-refractivity contribution in [1.82, 2.24) is 4.98 Å². The molecule has 0 saturated heterocycles. The molecule has 0 fully saturated rings. The number of nitrogens with zero attached hydrogens (tertiary/aromatic N) is 1. The smallest absolute Gasteiger partial charge is 0.0422 e. The predicted octanol–water partition coefficient (Wildman–Crippen LogP) is 4.00. The van der Waals surface area contributed by atoms with Crippen LogP contribution in [0.4, 0.5) is 0 Å². The zero-order valence-electron chi connectivity index (χ0n) is 10.0. The summed E-state index contributed by atoms with van der Waals surface area (Å²) in [5.41, 5.74) is 9.59. The minimum Gasteiger partial charge on any atom is -0.324 e. The fraction of sp³-hybridized carbons (Fsp3) is 0.214. The van der Waals surface area contributed by atoms with Gasteiger partial charge >= 0.3 is 0 Å². The lowest BCUT2D eigenvalue weighted by Crippen LogP contribution is -2.15. The summed E-state index contributed by atoms with van der Waals surface area (Å²) < 4.78 is 2.25. The molecule has 0 aliphatic carbocycles. The van der Waals surface area contributed by atoms with E-state index < -0.39 is 0 Å². The second kappa shape index (κ2) is 6.12. The third kappa shape index (κ3) is 3.52. The molecule has 0 saturated carbocycles. The van der Waals surface area contributed by atoms with Gasteiger partial charge in [-0.2, -0.15) is 0 Å².